The molecule has 2 aliphatic heterocycles. The standard InChI is InChI=1S/C24H25BN2O4S2/c1-24(2)12-16-23(33(29,30)13-24)22(26-15-7-5-8-17(28)21(15)27-16)19-10-11-20(32-19)31-18-9-4-3-6-14(18)25/h3-11,22,26-28H,12-13,25H2,1-2H3. The summed E-state index contributed by atoms with van der Waals surface area (Å²) in [6.45, 7) is 3.91. The Labute approximate surface area is 198 Å². The van der Waals surface area contributed by atoms with Crippen LogP contribution in [0.15, 0.2) is 65.2 Å². The lowest BCUT2D eigenvalue weighted by atomic mass is 9.89. The van der Waals surface area contributed by atoms with E-state index in [-0.39, 0.29) is 11.5 Å². The summed E-state index contributed by atoms with van der Waals surface area (Å²) in [5, 5.41) is 17.8. The van der Waals surface area contributed by atoms with Gasteiger partial charge in [-0.15, -0.1) is 11.3 Å². The van der Waals surface area contributed by atoms with Crippen molar-refractivity contribution in [2.45, 2.75) is 26.3 Å². The molecular weight excluding hydrogens is 455 g/mol. The van der Waals surface area contributed by atoms with Crippen molar-refractivity contribution in [1.29, 1.82) is 0 Å². The second-order valence-electron chi connectivity index (χ2n) is 9.37. The molecule has 2 aromatic carbocycles. The van der Waals surface area contributed by atoms with Crippen molar-refractivity contribution < 1.29 is 18.3 Å². The maximum atomic E-state index is 13.5. The van der Waals surface area contributed by atoms with E-state index in [4.69, 9.17) is 4.74 Å². The lowest BCUT2D eigenvalue weighted by Gasteiger charge is -2.34. The number of ether oxygens (including phenoxy) is 1. The Bertz CT molecular complexity index is 1380. The quantitative estimate of drug-likeness (QED) is 0.386. The molecule has 0 aliphatic carbocycles. The fourth-order valence-electron chi connectivity index (χ4n) is 4.54. The number of benzene rings is 2. The van der Waals surface area contributed by atoms with E-state index in [0.29, 0.717) is 33.5 Å². The molecule has 0 bridgehead atoms. The molecule has 170 valence electrons. The van der Waals surface area contributed by atoms with Crippen LogP contribution >= 0.6 is 11.3 Å². The molecule has 1 atom stereocenters. The zero-order chi connectivity index (χ0) is 23.4. The zero-order valence-corrected chi connectivity index (χ0v) is 20.3. The number of hydrogen-bond acceptors (Lipinski definition) is 7. The maximum Gasteiger partial charge on any atom is 0.181 e. The lowest BCUT2D eigenvalue weighted by molar-refractivity contribution is 0.400. The number of phenols is 1. The SMILES string of the molecule is Bc1ccccc1Oc1ccc(C2Nc3cccc(O)c3NC3=C2S(=O)(=O)CC(C)(C)C3)s1. The van der Waals surface area contributed by atoms with Crippen LogP contribution in [0.1, 0.15) is 31.2 Å². The van der Waals surface area contributed by atoms with Gasteiger partial charge >= 0.3 is 0 Å². The van der Waals surface area contributed by atoms with Crippen LogP contribution in [0.25, 0.3) is 0 Å². The molecule has 3 heterocycles. The largest absolute Gasteiger partial charge is 0.506 e. The first kappa shape index (κ1) is 21.9. The third-order valence-electron chi connectivity index (χ3n) is 5.94. The first-order valence-corrected chi connectivity index (χ1v) is 13.2. The first-order chi connectivity index (χ1) is 15.6. The summed E-state index contributed by atoms with van der Waals surface area (Å²) >= 11 is 1.41. The Balaban J connectivity index is 1.61. The summed E-state index contributed by atoms with van der Waals surface area (Å²) in [6, 6.07) is 16.1. The number of fused-ring (bicyclic) bond motifs is 1. The number of phenolic OH excluding ortho intramolecular Hbond substituents is 1. The van der Waals surface area contributed by atoms with Crippen LogP contribution in [0.2, 0.25) is 0 Å². The van der Waals surface area contributed by atoms with Crippen molar-refractivity contribution in [1.82, 2.24) is 0 Å². The van der Waals surface area contributed by atoms with Gasteiger partial charge in [0.2, 0.25) is 0 Å². The van der Waals surface area contributed by atoms with Crippen LogP contribution in [-0.4, -0.2) is 27.1 Å². The Morgan fingerprint density at radius 3 is 2.70 bits per heavy atom. The molecule has 33 heavy (non-hydrogen) atoms. The van der Waals surface area contributed by atoms with E-state index in [9.17, 15) is 13.5 Å². The average Bonchev–Trinajstić information content (AvgIpc) is 3.10. The van der Waals surface area contributed by atoms with E-state index in [1.54, 1.807) is 12.1 Å². The van der Waals surface area contributed by atoms with E-state index in [2.05, 4.69) is 10.6 Å². The number of sulfone groups is 1. The number of anilines is 2. The summed E-state index contributed by atoms with van der Waals surface area (Å²) in [7, 11) is -1.57. The predicted octanol–water partition coefficient (Wildman–Crippen LogP) is 4.14. The highest BCUT2D eigenvalue weighted by molar-refractivity contribution is 7.95. The number of thiophene rings is 1. The van der Waals surface area contributed by atoms with Crippen LogP contribution in [0.5, 0.6) is 16.6 Å². The second-order valence-corrected chi connectivity index (χ2v) is 12.4. The topological polar surface area (TPSA) is 87.7 Å². The second kappa shape index (κ2) is 7.85. The Morgan fingerprint density at radius 2 is 1.91 bits per heavy atom. The molecular formula is C24H25BN2O4S2. The summed E-state index contributed by atoms with van der Waals surface area (Å²) < 4.78 is 33.1. The Kier molecular flexibility index (Phi) is 5.21. The third kappa shape index (κ3) is 4.11. The first-order valence-electron chi connectivity index (χ1n) is 10.8. The molecule has 3 N–H and O–H groups in total. The lowest BCUT2D eigenvalue weighted by Crippen LogP contribution is -2.35. The van der Waals surface area contributed by atoms with Gasteiger partial charge in [-0.05, 0) is 47.6 Å². The molecule has 5 rings (SSSR count). The molecule has 6 nitrogen and oxygen atoms in total. The van der Waals surface area contributed by atoms with Crippen molar-refractivity contribution >= 4 is 45.9 Å². The normalized spacial score (nSPS) is 20.6. The van der Waals surface area contributed by atoms with Crippen LogP contribution in [0.3, 0.4) is 0 Å². The van der Waals surface area contributed by atoms with Crippen LogP contribution in [0, 0.1) is 5.41 Å². The number of allylic oxidation sites excluding steroid dienone is 1. The van der Waals surface area contributed by atoms with Crippen molar-refractivity contribution in [2.24, 2.45) is 5.41 Å². The molecule has 0 fully saturated rings. The monoisotopic (exact) mass is 480 g/mol. The molecule has 1 aromatic heterocycles. The molecule has 3 aromatic rings. The van der Waals surface area contributed by atoms with Crippen molar-refractivity contribution in [3.8, 4) is 16.6 Å². The highest BCUT2D eigenvalue weighted by Crippen LogP contribution is 2.49. The minimum absolute atomic E-state index is 0.0684. The van der Waals surface area contributed by atoms with Crippen molar-refractivity contribution in [3.63, 3.8) is 0 Å². The molecule has 0 amide bonds. The smallest absolute Gasteiger partial charge is 0.181 e. The molecule has 0 saturated heterocycles. The average molecular weight is 480 g/mol. The molecule has 9 heteroatoms. The van der Waals surface area contributed by atoms with Gasteiger partial charge in [-0.3, -0.25) is 0 Å². The number of rotatable bonds is 3. The van der Waals surface area contributed by atoms with Gasteiger partial charge in [-0.2, -0.15) is 0 Å². The van der Waals surface area contributed by atoms with Gasteiger partial charge in [0, 0.05) is 10.6 Å². The Morgan fingerprint density at radius 1 is 1.12 bits per heavy atom. The van der Waals surface area contributed by atoms with Gasteiger partial charge in [0.1, 0.15) is 25.0 Å². The summed E-state index contributed by atoms with van der Waals surface area (Å²) in [6.07, 6.45) is 0.561. The molecule has 0 spiro atoms. The van der Waals surface area contributed by atoms with Crippen LogP contribution < -0.4 is 20.8 Å². The predicted molar refractivity (Wildman–Crippen MR) is 136 cm³/mol. The molecule has 0 saturated carbocycles. The fourth-order valence-corrected chi connectivity index (χ4v) is 7.88. The maximum absolute atomic E-state index is 13.5. The van der Waals surface area contributed by atoms with Crippen LogP contribution in [-0.2, 0) is 9.84 Å². The van der Waals surface area contributed by atoms with Gasteiger partial charge in [-0.25, -0.2) is 8.42 Å². The number of para-hydroxylation sites is 2. The van der Waals surface area contributed by atoms with Crippen molar-refractivity contribution in [2.75, 3.05) is 16.4 Å². The fraction of sp³-hybridized carbons (Fsp3) is 0.250. The number of hydrogen-bond donors (Lipinski definition) is 3. The summed E-state index contributed by atoms with van der Waals surface area (Å²) in [5.74, 6) is 0.908. The van der Waals surface area contributed by atoms with E-state index >= 15 is 0 Å². The van der Waals surface area contributed by atoms with E-state index in [1.165, 1.54) is 11.3 Å². The van der Waals surface area contributed by atoms with Gasteiger partial charge in [0.15, 0.2) is 14.9 Å². The van der Waals surface area contributed by atoms with Gasteiger partial charge < -0.3 is 20.5 Å². The third-order valence-corrected chi connectivity index (χ3v) is 9.28. The highest BCUT2D eigenvalue weighted by atomic mass is 32.2. The molecule has 2 aliphatic rings. The van der Waals surface area contributed by atoms with Gasteiger partial charge in [0.25, 0.3) is 0 Å². The minimum Gasteiger partial charge on any atom is -0.506 e. The minimum atomic E-state index is -3.56. The molecule has 1 unspecified atom stereocenters. The summed E-state index contributed by atoms with van der Waals surface area (Å²) in [4.78, 5) is 1.16. The number of nitrogens with one attached hydrogen (secondary N) is 2. The van der Waals surface area contributed by atoms with Crippen LogP contribution in [0.4, 0.5) is 11.4 Å². The van der Waals surface area contributed by atoms with Gasteiger partial charge in [-0.1, -0.05) is 38.1 Å². The van der Waals surface area contributed by atoms with E-state index in [0.717, 1.165) is 16.1 Å². The summed E-state index contributed by atoms with van der Waals surface area (Å²) in [5.41, 5.74) is 2.37. The number of aromatic hydroxyl groups is 1. The van der Waals surface area contributed by atoms with Gasteiger partial charge in [0.05, 0.1) is 22.4 Å². The Hall–Kier alpha value is -2.91. The van der Waals surface area contributed by atoms with E-state index in [1.807, 2.05) is 64.2 Å². The van der Waals surface area contributed by atoms with E-state index < -0.39 is 21.3 Å². The molecule has 0 radical (unpaired) electrons. The van der Waals surface area contributed by atoms with Crippen molar-refractivity contribution in [3.05, 3.63) is 70.1 Å². The zero-order valence-electron chi connectivity index (χ0n) is 18.7. The highest BCUT2D eigenvalue weighted by Gasteiger charge is 2.43.